The minimum atomic E-state index is -3.14. The first kappa shape index (κ1) is 14.3. The largest absolute Gasteiger partial charge is 0.398 e. The molecule has 19 heavy (non-hydrogen) atoms. The molecule has 1 heterocycles. The minimum Gasteiger partial charge on any atom is -0.398 e. The summed E-state index contributed by atoms with van der Waals surface area (Å²) in [5, 5.41) is 0. The predicted octanol–water partition coefficient (Wildman–Crippen LogP) is 2.00. The maximum absolute atomic E-state index is 12.3. The molecule has 0 radical (unpaired) electrons. The molecular formula is C14H22N2O2S. The van der Waals surface area contributed by atoms with Crippen molar-refractivity contribution >= 4 is 15.7 Å². The molecule has 1 aliphatic heterocycles. The minimum absolute atomic E-state index is 0.238. The van der Waals surface area contributed by atoms with Gasteiger partial charge in [0.15, 0.2) is 0 Å². The number of benzene rings is 1. The Balaban J connectivity index is 2.13. The molecule has 0 fully saturated rings. The molecule has 106 valence electrons. The number of anilines is 1. The first-order valence-corrected chi connectivity index (χ1v) is 8.35. The van der Waals surface area contributed by atoms with Gasteiger partial charge < -0.3 is 5.73 Å². The quantitative estimate of drug-likeness (QED) is 0.859. The van der Waals surface area contributed by atoms with Crippen LogP contribution in [0.1, 0.15) is 31.4 Å². The molecule has 0 aromatic heterocycles. The molecule has 5 heteroatoms. The third kappa shape index (κ3) is 3.28. The van der Waals surface area contributed by atoms with E-state index in [0.717, 1.165) is 16.8 Å². The molecular weight excluding hydrogens is 260 g/mol. The Morgan fingerprint density at radius 2 is 2.11 bits per heavy atom. The lowest BCUT2D eigenvalue weighted by Gasteiger charge is -2.29. The van der Waals surface area contributed by atoms with Crippen molar-refractivity contribution in [2.45, 2.75) is 33.2 Å². The van der Waals surface area contributed by atoms with Gasteiger partial charge in [-0.1, -0.05) is 26.0 Å². The number of hydrogen-bond donors (Lipinski definition) is 1. The van der Waals surface area contributed by atoms with Crippen LogP contribution in [0.3, 0.4) is 0 Å². The Labute approximate surface area is 115 Å². The summed E-state index contributed by atoms with van der Waals surface area (Å²) in [6.45, 7) is 5.09. The number of nitrogen functional groups attached to an aromatic ring is 1. The molecule has 2 rings (SSSR count). The predicted molar refractivity (Wildman–Crippen MR) is 78.2 cm³/mol. The summed E-state index contributed by atoms with van der Waals surface area (Å²) in [4.78, 5) is 0. The van der Waals surface area contributed by atoms with E-state index in [9.17, 15) is 8.42 Å². The molecule has 0 aliphatic carbocycles. The molecule has 0 bridgehead atoms. The van der Waals surface area contributed by atoms with E-state index in [1.807, 2.05) is 32.0 Å². The monoisotopic (exact) mass is 282 g/mol. The van der Waals surface area contributed by atoms with E-state index in [2.05, 4.69) is 0 Å². The second-order valence-corrected chi connectivity index (χ2v) is 7.66. The molecule has 1 aromatic carbocycles. The Bertz CT molecular complexity index is 553. The highest BCUT2D eigenvalue weighted by Crippen LogP contribution is 2.26. The normalized spacial score (nSPS) is 16.6. The van der Waals surface area contributed by atoms with E-state index < -0.39 is 10.0 Å². The Hall–Kier alpha value is -1.07. The Morgan fingerprint density at radius 3 is 2.79 bits per heavy atom. The van der Waals surface area contributed by atoms with Crippen molar-refractivity contribution in [3.63, 3.8) is 0 Å². The van der Waals surface area contributed by atoms with Gasteiger partial charge in [0.1, 0.15) is 0 Å². The van der Waals surface area contributed by atoms with E-state index in [4.69, 9.17) is 5.73 Å². The maximum Gasteiger partial charge on any atom is 0.214 e. The zero-order valence-electron chi connectivity index (χ0n) is 11.6. The van der Waals surface area contributed by atoms with E-state index in [1.54, 1.807) is 4.31 Å². The maximum atomic E-state index is 12.3. The molecule has 0 saturated carbocycles. The first-order chi connectivity index (χ1) is 8.90. The van der Waals surface area contributed by atoms with E-state index in [0.29, 0.717) is 31.8 Å². The van der Waals surface area contributed by atoms with Crippen molar-refractivity contribution in [2.75, 3.05) is 18.0 Å². The molecule has 0 unspecified atom stereocenters. The summed E-state index contributed by atoms with van der Waals surface area (Å²) in [6, 6.07) is 5.73. The van der Waals surface area contributed by atoms with Gasteiger partial charge in [-0.25, -0.2) is 8.42 Å². The SMILES string of the molecule is CC(C)CCS(=O)(=O)N1CCc2c(N)cccc2C1. The van der Waals surface area contributed by atoms with Crippen LogP contribution in [0.4, 0.5) is 5.69 Å². The number of sulfonamides is 1. The number of rotatable bonds is 4. The zero-order chi connectivity index (χ0) is 14.0. The van der Waals surface area contributed by atoms with Crippen LogP contribution in [0.2, 0.25) is 0 Å². The molecule has 0 amide bonds. The Morgan fingerprint density at radius 1 is 1.37 bits per heavy atom. The highest BCUT2D eigenvalue weighted by atomic mass is 32.2. The number of nitrogens with zero attached hydrogens (tertiary/aromatic N) is 1. The van der Waals surface area contributed by atoms with Crippen LogP contribution in [0.5, 0.6) is 0 Å². The highest BCUT2D eigenvalue weighted by Gasteiger charge is 2.27. The second-order valence-electron chi connectivity index (χ2n) is 5.57. The third-order valence-corrected chi connectivity index (χ3v) is 5.46. The van der Waals surface area contributed by atoms with Crippen LogP contribution in [-0.4, -0.2) is 25.0 Å². The van der Waals surface area contributed by atoms with E-state index in [-0.39, 0.29) is 5.75 Å². The van der Waals surface area contributed by atoms with Gasteiger partial charge in [-0.05, 0) is 36.0 Å². The van der Waals surface area contributed by atoms with Gasteiger partial charge >= 0.3 is 0 Å². The summed E-state index contributed by atoms with van der Waals surface area (Å²) in [6.07, 6.45) is 1.42. The summed E-state index contributed by atoms with van der Waals surface area (Å²) in [7, 11) is -3.14. The van der Waals surface area contributed by atoms with Crippen LogP contribution < -0.4 is 5.73 Å². The molecule has 0 saturated heterocycles. The standard InChI is InChI=1S/C14H22N2O2S/c1-11(2)7-9-19(17,18)16-8-6-13-12(10-16)4-3-5-14(13)15/h3-5,11H,6-10,15H2,1-2H3. The van der Waals surface area contributed by atoms with Gasteiger partial charge in [-0.15, -0.1) is 0 Å². The van der Waals surface area contributed by atoms with Gasteiger partial charge in [0.2, 0.25) is 10.0 Å². The molecule has 0 atom stereocenters. The third-order valence-electron chi connectivity index (χ3n) is 3.61. The summed E-state index contributed by atoms with van der Waals surface area (Å²) < 4.78 is 26.2. The molecule has 1 aromatic rings. The second kappa shape index (κ2) is 5.51. The molecule has 0 spiro atoms. The lowest BCUT2D eigenvalue weighted by atomic mass is 9.99. The van der Waals surface area contributed by atoms with Crippen molar-refractivity contribution < 1.29 is 8.42 Å². The summed E-state index contributed by atoms with van der Waals surface area (Å²) in [5.41, 5.74) is 8.85. The van der Waals surface area contributed by atoms with E-state index >= 15 is 0 Å². The van der Waals surface area contributed by atoms with Crippen molar-refractivity contribution in [1.29, 1.82) is 0 Å². The molecule has 1 aliphatic rings. The number of fused-ring (bicyclic) bond motifs is 1. The van der Waals surface area contributed by atoms with Crippen LogP contribution in [-0.2, 0) is 23.0 Å². The molecule has 4 nitrogen and oxygen atoms in total. The van der Waals surface area contributed by atoms with Crippen molar-refractivity contribution in [2.24, 2.45) is 5.92 Å². The molecule has 2 N–H and O–H groups in total. The smallest absolute Gasteiger partial charge is 0.214 e. The highest BCUT2D eigenvalue weighted by molar-refractivity contribution is 7.89. The summed E-state index contributed by atoms with van der Waals surface area (Å²) >= 11 is 0. The summed E-state index contributed by atoms with van der Waals surface area (Å²) in [5.74, 6) is 0.643. The van der Waals surface area contributed by atoms with Crippen LogP contribution >= 0.6 is 0 Å². The lowest BCUT2D eigenvalue weighted by molar-refractivity contribution is 0.389. The van der Waals surface area contributed by atoms with Crippen LogP contribution in [0.25, 0.3) is 0 Å². The van der Waals surface area contributed by atoms with Gasteiger partial charge in [0.25, 0.3) is 0 Å². The average molecular weight is 282 g/mol. The van der Waals surface area contributed by atoms with Crippen LogP contribution in [0, 0.1) is 5.92 Å². The van der Waals surface area contributed by atoms with Gasteiger partial charge in [-0.2, -0.15) is 4.31 Å². The fourth-order valence-corrected chi connectivity index (χ4v) is 4.10. The lowest BCUT2D eigenvalue weighted by Crippen LogP contribution is -2.37. The average Bonchev–Trinajstić information content (AvgIpc) is 2.36. The van der Waals surface area contributed by atoms with Crippen LogP contribution in [0.15, 0.2) is 18.2 Å². The fraction of sp³-hybridized carbons (Fsp3) is 0.571. The Kier molecular flexibility index (Phi) is 4.16. The van der Waals surface area contributed by atoms with Crippen molar-refractivity contribution in [3.05, 3.63) is 29.3 Å². The van der Waals surface area contributed by atoms with Gasteiger partial charge in [0, 0.05) is 18.8 Å². The number of nitrogens with two attached hydrogens (primary N) is 1. The van der Waals surface area contributed by atoms with E-state index in [1.165, 1.54) is 0 Å². The van der Waals surface area contributed by atoms with Crippen molar-refractivity contribution in [1.82, 2.24) is 4.31 Å². The van der Waals surface area contributed by atoms with Gasteiger partial charge in [-0.3, -0.25) is 0 Å². The van der Waals surface area contributed by atoms with Gasteiger partial charge in [0.05, 0.1) is 5.75 Å². The number of hydrogen-bond acceptors (Lipinski definition) is 3. The fourth-order valence-electron chi connectivity index (χ4n) is 2.36. The van der Waals surface area contributed by atoms with Crippen molar-refractivity contribution in [3.8, 4) is 0 Å². The zero-order valence-corrected chi connectivity index (χ0v) is 12.4. The first-order valence-electron chi connectivity index (χ1n) is 6.74. The topological polar surface area (TPSA) is 63.4 Å².